The molecule has 4 amide bonds. The molecule has 16 heteroatoms. The Kier molecular flexibility index (Phi) is 17.3. The van der Waals surface area contributed by atoms with E-state index in [4.69, 9.17) is 9.47 Å². The number of hydrogen-bond donors (Lipinski definition) is 3. The Balaban J connectivity index is 1.04. The van der Waals surface area contributed by atoms with Crippen LogP contribution in [0.1, 0.15) is 142 Å². The van der Waals surface area contributed by atoms with E-state index >= 15 is 0 Å². The maximum absolute atomic E-state index is 13.9. The van der Waals surface area contributed by atoms with Gasteiger partial charge >= 0.3 is 18.0 Å². The number of carbonyl (C=O) groups is 3. The number of ether oxygens (including phenoxy) is 2. The van der Waals surface area contributed by atoms with E-state index in [1.54, 1.807) is 12.4 Å². The zero-order chi connectivity index (χ0) is 39.3. The summed E-state index contributed by atoms with van der Waals surface area (Å²) in [5.41, 5.74) is 0. The molecule has 4 aliphatic carbocycles. The predicted molar refractivity (Wildman–Crippen MR) is 227 cm³/mol. The number of carboxylic acids is 1. The minimum Gasteiger partial charge on any atom is -0.480 e. The van der Waals surface area contributed by atoms with Crippen molar-refractivity contribution in [2.24, 2.45) is 0 Å². The number of thioether (sulfide) groups is 2. The number of aliphatic carboxylic acids is 1. The van der Waals surface area contributed by atoms with E-state index in [0.29, 0.717) is 18.7 Å². The number of nitrogens with zero attached hydrogens (tertiary/aromatic N) is 4. The molecule has 0 spiro atoms. The highest BCUT2D eigenvalue weighted by molar-refractivity contribution is 8.19. The normalized spacial score (nSPS) is 24.3. The number of anilines is 2. The number of aromatic nitrogens is 2. The summed E-state index contributed by atoms with van der Waals surface area (Å²) in [4.78, 5) is 53.4. The molecule has 0 saturated heterocycles. The van der Waals surface area contributed by atoms with Crippen molar-refractivity contribution in [3.63, 3.8) is 0 Å². The molecule has 0 bridgehead atoms. The molecule has 0 atom stereocenters. The van der Waals surface area contributed by atoms with Crippen LogP contribution in [-0.2, 0) is 14.3 Å². The summed E-state index contributed by atoms with van der Waals surface area (Å²) in [6.45, 7) is 5.83. The van der Waals surface area contributed by atoms with Gasteiger partial charge in [0.15, 0.2) is 14.8 Å². The molecule has 2 aromatic rings. The van der Waals surface area contributed by atoms with E-state index < -0.39 is 10.6 Å². The van der Waals surface area contributed by atoms with Crippen LogP contribution >= 0.6 is 46.2 Å². The second-order valence-corrected chi connectivity index (χ2v) is 20.9. The summed E-state index contributed by atoms with van der Waals surface area (Å²) < 4.78 is 12.6. The van der Waals surface area contributed by atoms with Crippen LogP contribution in [0, 0.1) is 0 Å². The van der Waals surface area contributed by atoms with Crippen molar-refractivity contribution < 1.29 is 29.0 Å². The van der Waals surface area contributed by atoms with Gasteiger partial charge in [-0.3, -0.25) is 15.4 Å². The van der Waals surface area contributed by atoms with Gasteiger partial charge in [0, 0.05) is 37.4 Å². The van der Waals surface area contributed by atoms with Crippen LogP contribution in [0.15, 0.2) is 20.8 Å². The van der Waals surface area contributed by atoms with Crippen molar-refractivity contribution >= 4 is 74.5 Å². The van der Waals surface area contributed by atoms with Crippen molar-refractivity contribution in [2.75, 3.05) is 23.8 Å². The van der Waals surface area contributed by atoms with Crippen LogP contribution in [0.4, 0.5) is 19.9 Å². The Morgan fingerprint density at radius 3 is 1.39 bits per heavy atom. The molecule has 12 nitrogen and oxygen atoms in total. The zero-order valence-electron chi connectivity index (χ0n) is 33.2. The van der Waals surface area contributed by atoms with Crippen molar-refractivity contribution in [3.8, 4) is 0 Å². The number of nitrogens with one attached hydrogen (secondary N) is 2. The maximum atomic E-state index is 13.9. The number of thiazole rings is 2. The zero-order valence-corrected chi connectivity index (χ0v) is 36.4. The van der Waals surface area contributed by atoms with E-state index in [0.717, 1.165) is 129 Å². The number of amides is 4. The van der Waals surface area contributed by atoms with Gasteiger partial charge < -0.3 is 24.4 Å². The molecule has 0 unspecified atom stereocenters. The molecule has 4 saturated carbocycles. The van der Waals surface area contributed by atoms with Gasteiger partial charge in [-0.2, -0.15) is 0 Å². The average Bonchev–Trinajstić information content (AvgIpc) is 3.86. The van der Waals surface area contributed by atoms with Crippen molar-refractivity contribution in [3.05, 3.63) is 12.4 Å². The monoisotopic (exact) mass is 850 g/mol. The highest BCUT2D eigenvalue weighted by Crippen LogP contribution is 2.42. The third-order valence-corrected chi connectivity index (χ3v) is 16.2. The summed E-state index contributed by atoms with van der Waals surface area (Å²) in [6.07, 6.45) is 24.6. The van der Waals surface area contributed by atoms with Crippen molar-refractivity contribution in [2.45, 2.75) is 192 Å². The maximum Gasteiger partial charge on any atom is 0.327 e. The summed E-state index contributed by atoms with van der Waals surface area (Å²) in [5.74, 6) is -0.970. The van der Waals surface area contributed by atoms with E-state index in [-0.39, 0.29) is 48.4 Å². The highest BCUT2D eigenvalue weighted by atomic mass is 32.2. The molecule has 312 valence electrons. The first-order valence-electron chi connectivity index (χ1n) is 21.2. The Labute approximate surface area is 349 Å². The fraction of sp³-hybridized carbons (Fsp3) is 0.775. The minimum absolute atomic E-state index is 0.111. The van der Waals surface area contributed by atoms with Crippen LogP contribution in [0.2, 0.25) is 0 Å². The molecule has 6 rings (SSSR count). The van der Waals surface area contributed by atoms with Gasteiger partial charge in [0.1, 0.15) is 0 Å². The van der Waals surface area contributed by atoms with Crippen LogP contribution < -0.4 is 10.6 Å². The van der Waals surface area contributed by atoms with Crippen molar-refractivity contribution in [1.82, 2.24) is 19.8 Å². The Bertz CT molecular complexity index is 1410. The van der Waals surface area contributed by atoms with Crippen LogP contribution in [0.25, 0.3) is 0 Å². The molecule has 3 N–H and O–H groups in total. The topological polar surface area (TPSA) is 146 Å². The smallest absolute Gasteiger partial charge is 0.327 e. The summed E-state index contributed by atoms with van der Waals surface area (Å²) in [7, 11) is 0. The Hall–Kier alpha value is -2.11. The largest absolute Gasteiger partial charge is 0.480 e. The number of urea groups is 2. The van der Waals surface area contributed by atoms with Crippen molar-refractivity contribution in [1.29, 1.82) is 0 Å². The second kappa shape index (κ2) is 22.3. The molecule has 0 aromatic carbocycles. The molecular weight excluding hydrogens is 789 g/mol. The molecular formula is C40H62N6O6S4. The standard InChI is InChI=1S/C40H62N6O6S4/c1-3-23-51-31-19-15-29(16-20-31)45(27-11-7-5-8-12-27)39(49)43-37-41-25-33(55-37)53-36(35(47)48)54-34-26-42-38(56-34)44-40(50)46(28-13-9-6-10-14-28)30-17-21-32(22-18-30)52-24-4-2/h25-32,36H,3-24H2,1-2H3,(H,47,48)(H,41,43,49)(H,42,44,50). The molecule has 0 radical (unpaired) electrons. The SMILES string of the molecule is CCCOC1CCC(N(C(=O)Nc2ncc(SC(Sc3cnc(NC(=O)N(C4CCCCC4)C4CCC(OCCC)CC4)s3)C(=O)O)s2)C2CCCCC2)CC1. The number of hydrogen-bond acceptors (Lipinski definition) is 11. The number of rotatable bonds is 17. The summed E-state index contributed by atoms with van der Waals surface area (Å²) in [6, 6.07) is 0.573. The van der Waals surface area contributed by atoms with Gasteiger partial charge in [-0.15, -0.1) is 0 Å². The first kappa shape index (κ1) is 43.5. The quantitative estimate of drug-likeness (QED) is 0.104. The lowest BCUT2D eigenvalue weighted by Gasteiger charge is -2.42. The molecule has 4 fully saturated rings. The second-order valence-electron chi connectivity index (χ2n) is 15.7. The van der Waals surface area contributed by atoms with Gasteiger partial charge in [-0.05, 0) is 89.9 Å². The average molecular weight is 851 g/mol. The van der Waals surface area contributed by atoms with E-state index in [2.05, 4.69) is 44.2 Å². The lowest BCUT2D eigenvalue weighted by Crippen LogP contribution is -2.51. The first-order chi connectivity index (χ1) is 27.3. The van der Waals surface area contributed by atoms with Gasteiger partial charge in [-0.25, -0.2) is 19.6 Å². The molecule has 56 heavy (non-hydrogen) atoms. The van der Waals surface area contributed by atoms with E-state index in [9.17, 15) is 19.5 Å². The molecule has 2 heterocycles. The highest BCUT2D eigenvalue weighted by Gasteiger charge is 2.37. The lowest BCUT2D eigenvalue weighted by molar-refractivity contribution is -0.134. The number of carboxylic acid groups (broad SMARTS) is 1. The van der Waals surface area contributed by atoms with Gasteiger partial charge in [0.05, 0.1) is 33.0 Å². The summed E-state index contributed by atoms with van der Waals surface area (Å²) >= 11 is 4.99. The Morgan fingerprint density at radius 1 is 0.661 bits per heavy atom. The van der Waals surface area contributed by atoms with Crippen LogP contribution in [0.3, 0.4) is 0 Å². The Morgan fingerprint density at radius 2 is 1.04 bits per heavy atom. The van der Waals surface area contributed by atoms with Gasteiger partial charge in [0.2, 0.25) is 0 Å². The van der Waals surface area contributed by atoms with E-state index in [1.807, 2.05) is 0 Å². The van der Waals surface area contributed by atoms with E-state index in [1.165, 1.54) is 59.0 Å². The third kappa shape index (κ3) is 12.5. The molecule has 0 aliphatic heterocycles. The fourth-order valence-corrected chi connectivity index (χ4v) is 13.5. The summed E-state index contributed by atoms with van der Waals surface area (Å²) in [5, 5.41) is 17.3. The molecule has 4 aliphatic rings. The van der Waals surface area contributed by atoms with Gasteiger partial charge in [-0.1, -0.05) is 98.6 Å². The van der Waals surface area contributed by atoms with Crippen LogP contribution in [0.5, 0.6) is 0 Å². The minimum atomic E-state index is -0.970. The first-order valence-corrected chi connectivity index (χ1v) is 24.6. The number of carbonyl (C=O) groups excluding carboxylic acids is 2. The fourth-order valence-electron chi connectivity index (χ4n) is 8.92. The molecule has 2 aromatic heterocycles. The van der Waals surface area contributed by atoms with Gasteiger partial charge in [0.25, 0.3) is 0 Å². The predicted octanol–water partition coefficient (Wildman–Crippen LogP) is 10.7. The lowest BCUT2D eigenvalue weighted by atomic mass is 9.88. The van der Waals surface area contributed by atoms with Crippen LogP contribution in [-0.4, -0.2) is 97.1 Å². The third-order valence-electron chi connectivity index (χ3n) is 11.6.